The van der Waals surface area contributed by atoms with Crippen molar-refractivity contribution in [2.75, 3.05) is 6.61 Å². The lowest BCUT2D eigenvalue weighted by molar-refractivity contribution is -0.138. The highest BCUT2D eigenvalue weighted by Gasteiger charge is 2.57. The van der Waals surface area contributed by atoms with Crippen LogP contribution in [-0.2, 0) is 14.3 Å². The Balaban J connectivity index is 1.83. The summed E-state index contributed by atoms with van der Waals surface area (Å²) in [5.74, 6) is -0.703. The summed E-state index contributed by atoms with van der Waals surface area (Å²) < 4.78 is 5.81. The van der Waals surface area contributed by atoms with Gasteiger partial charge in [-0.05, 0) is 49.9 Å². The quantitative estimate of drug-likeness (QED) is 0.490. The normalized spacial score (nSPS) is 30.4. The molecule has 2 N–H and O–H groups in total. The smallest absolute Gasteiger partial charge is 0.303 e. The lowest BCUT2D eigenvalue weighted by atomic mass is 9.78. The van der Waals surface area contributed by atoms with E-state index in [1.165, 1.54) is 12.8 Å². The zero-order valence-corrected chi connectivity index (χ0v) is 17.3. The number of fused-ring (bicyclic) bond motifs is 1. The molecule has 2 fully saturated rings. The summed E-state index contributed by atoms with van der Waals surface area (Å²) in [6.07, 6.45) is 8.48. The number of carbonyl (C=O) groups excluding carboxylic acids is 1. The molecule has 2 aliphatic rings. The van der Waals surface area contributed by atoms with Crippen LogP contribution in [0.1, 0.15) is 91.4 Å². The Bertz CT molecular complexity index is 515. The van der Waals surface area contributed by atoms with Gasteiger partial charge in [0.05, 0.1) is 11.7 Å². The number of ketones is 1. The average molecular weight is 383 g/mol. The number of aliphatic hydroxyl groups is 1. The minimum Gasteiger partial charge on any atom is -0.481 e. The molecule has 0 heterocycles. The zero-order chi connectivity index (χ0) is 20.1. The van der Waals surface area contributed by atoms with E-state index in [0.717, 1.165) is 32.1 Å². The van der Waals surface area contributed by atoms with Gasteiger partial charge >= 0.3 is 5.97 Å². The highest BCUT2D eigenvalue weighted by molar-refractivity contribution is 5.82. The number of hydrogen-bond donors (Lipinski definition) is 2. The standard InChI is InChI=1S/C22H38O5/c1-4-5-11-21(2,3)12-10-19(23)18-9-8-16-14-17(15-22(16,18)26)27-13-6-7-20(24)25/h16-18,26H,4-15H2,1-3H3,(H,24,25)/t16-,17+,18-,22-/m0/s1. The van der Waals surface area contributed by atoms with Gasteiger partial charge in [-0.25, -0.2) is 0 Å². The average Bonchev–Trinajstić information content (AvgIpc) is 3.07. The van der Waals surface area contributed by atoms with Crippen LogP contribution in [0.15, 0.2) is 0 Å². The molecule has 5 heteroatoms. The van der Waals surface area contributed by atoms with Gasteiger partial charge in [0.25, 0.3) is 0 Å². The van der Waals surface area contributed by atoms with Crippen LogP contribution in [0.2, 0.25) is 0 Å². The monoisotopic (exact) mass is 382 g/mol. The molecule has 0 radical (unpaired) electrons. The highest BCUT2D eigenvalue weighted by atomic mass is 16.5. The van der Waals surface area contributed by atoms with Gasteiger partial charge in [-0.1, -0.05) is 33.6 Å². The maximum absolute atomic E-state index is 12.9. The van der Waals surface area contributed by atoms with E-state index in [9.17, 15) is 14.7 Å². The molecule has 0 saturated heterocycles. The molecule has 0 bridgehead atoms. The van der Waals surface area contributed by atoms with Crippen LogP contribution in [0.5, 0.6) is 0 Å². The first kappa shape index (κ1) is 22.4. The molecule has 0 amide bonds. The van der Waals surface area contributed by atoms with Gasteiger partial charge < -0.3 is 14.9 Å². The van der Waals surface area contributed by atoms with Crippen molar-refractivity contribution in [1.82, 2.24) is 0 Å². The highest BCUT2D eigenvalue weighted by Crippen LogP contribution is 2.52. The van der Waals surface area contributed by atoms with Crippen LogP contribution in [-0.4, -0.2) is 40.3 Å². The third-order valence-electron chi connectivity index (χ3n) is 6.75. The SMILES string of the molecule is CCCCC(C)(C)CCC(=O)[C@@H]1CC[C@H]2C[C@@H](OCCCC(=O)O)C[C@]21O. The lowest BCUT2D eigenvalue weighted by Crippen LogP contribution is -2.40. The molecule has 27 heavy (non-hydrogen) atoms. The Morgan fingerprint density at radius 1 is 1.15 bits per heavy atom. The molecule has 4 atom stereocenters. The molecule has 2 aliphatic carbocycles. The summed E-state index contributed by atoms with van der Waals surface area (Å²) in [5, 5.41) is 19.9. The van der Waals surface area contributed by atoms with Crippen molar-refractivity contribution in [3.05, 3.63) is 0 Å². The van der Waals surface area contributed by atoms with Gasteiger partial charge in [-0.3, -0.25) is 9.59 Å². The Morgan fingerprint density at radius 2 is 1.89 bits per heavy atom. The Kier molecular flexibility index (Phi) is 7.87. The molecular formula is C22H38O5. The van der Waals surface area contributed by atoms with Crippen LogP contribution in [0, 0.1) is 17.3 Å². The molecule has 2 rings (SSSR count). The second kappa shape index (κ2) is 9.51. The number of hydrogen-bond acceptors (Lipinski definition) is 4. The third-order valence-corrected chi connectivity index (χ3v) is 6.75. The lowest BCUT2D eigenvalue weighted by Gasteiger charge is -2.31. The van der Waals surface area contributed by atoms with Gasteiger partial charge in [0.2, 0.25) is 0 Å². The summed E-state index contributed by atoms with van der Waals surface area (Å²) in [7, 11) is 0. The fourth-order valence-corrected chi connectivity index (χ4v) is 5.00. The third kappa shape index (κ3) is 6.02. The summed E-state index contributed by atoms with van der Waals surface area (Å²) >= 11 is 0. The largest absolute Gasteiger partial charge is 0.481 e. The predicted molar refractivity (Wildman–Crippen MR) is 105 cm³/mol. The number of carbonyl (C=O) groups is 2. The molecule has 0 unspecified atom stereocenters. The van der Waals surface area contributed by atoms with Crippen molar-refractivity contribution in [1.29, 1.82) is 0 Å². The van der Waals surface area contributed by atoms with E-state index < -0.39 is 11.6 Å². The predicted octanol–water partition coefficient (Wildman–Crippen LogP) is 4.35. The first-order valence-electron chi connectivity index (χ1n) is 10.8. The van der Waals surface area contributed by atoms with Gasteiger partial charge in [0.1, 0.15) is 5.78 Å². The fourth-order valence-electron chi connectivity index (χ4n) is 5.00. The van der Waals surface area contributed by atoms with Crippen LogP contribution in [0.25, 0.3) is 0 Å². The van der Waals surface area contributed by atoms with Crippen LogP contribution in [0.4, 0.5) is 0 Å². The topological polar surface area (TPSA) is 83.8 Å². The van der Waals surface area contributed by atoms with Gasteiger partial charge in [0, 0.05) is 31.8 Å². The van der Waals surface area contributed by atoms with Crippen LogP contribution in [0.3, 0.4) is 0 Å². The number of carboxylic acid groups (broad SMARTS) is 1. The van der Waals surface area contributed by atoms with E-state index in [1.54, 1.807) is 0 Å². The van der Waals surface area contributed by atoms with Crippen LogP contribution < -0.4 is 0 Å². The maximum Gasteiger partial charge on any atom is 0.303 e. The molecule has 0 aromatic rings. The molecule has 0 aromatic heterocycles. The molecule has 0 aliphatic heterocycles. The number of ether oxygens (including phenoxy) is 1. The molecule has 2 saturated carbocycles. The second-order valence-corrected chi connectivity index (χ2v) is 9.48. The van der Waals surface area contributed by atoms with Crippen molar-refractivity contribution < 1.29 is 24.5 Å². The van der Waals surface area contributed by atoms with Gasteiger partial charge in [-0.2, -0.15) is 0 Å². The molecule has 0 spiro atoms. The van der Waals surface area contributed by atoms with Crippen molar-refractivity contribution in [2.45, 2.75) is 103 Å². The van der Waals surface area contributed by atoms with E-state index in [1.807, 2.05) is 0 Å². The van der Waals surface area contributed by atoms with Crippen molar-refractivity contribution in [3.8, 4) is 0 Å². The number of unbranched alkanes of at least 4 members (excludes halogenated alkanes) is 1. The van der Waals surface area contributed by atoms with Gasteiger partial charge in [-0.15, -0.1) is 0 Å². The van der Waals surface area contributed by atoms with E-state index in [-0.39, 0.29) is 35.6 Å². The van der Waals surface area contributed by atoms with Crippen molar-refractivity contribution in [2.24, 2.45) is 17.3 Å². The minimum absolute atomic E-state index is 0.0506. The van der Waals surface area contributed by atoms with E-state index in [4.69, 9.17) is 9.84 Å². The molecular weight excluding hydrogens is 344 g/mol. The van der Waals surface area contributed by atoms with Crippen molar-refractivity contribution in [3.63, 3.8) is 0 Å². The van der Waals surface area contributed by atoms with Gasteiger partial charge in [0.15, 0.2) is 0 Å². The molecule has 5 nitrogen and oxygen atoms in total. The summed E-state index contributed by atoms with van der Waals surface area (Å²) in [4.78, 5) is 23.5. The number of aliphatic carboxylic acids is 1. The summed E-state index contributed by atoms with van der Waals surface area (Å²) in [6, 6.07) is 0. The van der Waals surface area contributed by atoms with Crippen molar-refractivity contribution >= 4 is 11.8 Å². The zero-order valence-electron chi connectivity index (χ0n) is 17.3. The van der Waals surface area contributed by atoms with Crippen LogP contribution >= 0.6 is 0 Å². The minimum atomic E-state index is -0.915. The van der Waals surface area contributed by atoms with E-state index in [0.29, 0.717) is 25.9 Å². The second-order valence-electron chi connectivity index (χ2n) is 9.48. The summed E-state index contributed by atoms with van der Waals surface area (Å²) in [6.45, 7) is 7.07. The summed E-state index contributed by atoms with van der Waals surface area (Å²) in [5.41, 5.74) is -0.736. The Labute approximate surface area is 163 Å². The van der Waals surface area contributed by atoms with E-state index >= 15 is 0 Å². The first-order chi connectivity index (χ1) is 12.7. The Hall–Kier alpha value is -0.940. The number of Topliss-reactive ketones (excluding diaryl/α,β-unsaturated/α-hetero) is 1. The Morgan fingerprint density at radius 3 is 2.56 bits per heavy atom. The number of rotatable bonds is 12. The van der Waals surface area contributed by atoms with E-state index in [2.05, 4.69) is 20.8 Å². The molecule has 0 aromatic carbocycles. The first-order valence-corrected chi connectivity index (χ1v) is 10.8. The molecule has 156 valence electrons. The number of carboxylic acids is 1. The maximum atomic E-state index is 12.9. The fraction of sp³-hybridized carbons (Fsp3) is 0.909.